The molecule has 1 aromatic carbocycles. The van der Waals surface area contributed by atoms with Gasteiger partial charge >= 0.3 is 6.18 Å². The molecule has 0 aliphatic heterocycles. The van der Waals surface area contributed by atoms with E-state index in [2.05, 4.69) is 15.6 Å². The van der Waals surface area contributed by atoms with Crippen molar-refractivity contribution >= 4 is 35.6 Å². The number of alkyl halides is 3. The molecule has 0 spiro atoms. The van der Waals surface area contributed by atoms with Gasteiger partial charge in [-0.1, -0.05) is 18.2 Å². The van der Waals surface area contributed by atoms with Crippen molar-refractivity contribution in [3.8, 4) is 0 Å². The van der Waals surface area contributed by atoms with E-state index in [0.717, 1.165) is 0 Å². The Hall–Kier alpha value is -1.59. The molecule has 0 bridgehead atoms. The Kier molecular flexibility index (Phi) is 9.53. The first-order valence-corrected chi connectivity index (χ1v) is 6.64. The smallest absolute Gasteiger partial charge is 0.357 e. The first-order valence-electron chi connectivity index (χ1n) is 6.64. The maximum Gasteiger partial charge on any atom is 0.390 e. The molecule has 0 atom stereocenters. The van der Waals surface area contributed by atoms with Crippen molar-refractivity contribution in [2.45, 2.75) is 26.1 Å². The molecule has 0 heterocycles. The van der Waals surface area contributed by atoms with E-state index in [9.17, 15) is 23.3 Å². The zero-order valence-corrected chi connectivity index (χ0v) is 14.7. The molecule has 0 radical (unpaired) electrons. The minimum atomic E-state index is -4.25. The van der Waals surface area contributed by atoms with Gasteiger partial charge in [0.25, 0.3) is 5.69 Å². The van der Waals surface area contributed by atoms with Crippen LogP contribution in [0.15, 0.2) is 29.3 Å². The highest BCUT2D eigenvalue weighted by atomic mass is 127. The SMILES string of the molecule is CCNC(=NCc1ccccc1[N+](=O)[O-])NCCC(F)(F)F.I. The monoisotopic (exact) mass is 446 g/mol. The van der Waals surface area contributed by atoms with Gasteiger partial charge in [-0.3, -0.25) is 10.1 Å². The first-order chi connectivity index (χ1) is 10.3. The van der Waals surface area contributed by atoms with Crippen molar-refractivity contribution in [1.82, 2.24) is 10.6 Å². The predicted molar refractivity (Wildman–Crippen MR) is 92.0 cm³/mol. The standard InChI is InChI=1S/C13H17F3N4O2.HI/c1-2-17-12(18-8-7-13(14,15)16)19-9-10-5-3-4-6-11(10)20(21)22;/h3-6H,2,7-9H2,1H3,(H2,17,18,19);1H. The Morgan fingerprint density at radius 1 is 1.30 bits per heavy atom. The lowest BCUT2D eigenvalue weighted by atomic mass is 10.2. The van der Waals surface area contributed by atoms with Crippen molar-refractivity contribution in [2.24, 2.45) is 4.99 Å². The lowest BCUT2D eigenvalue weighted by Gasteiger charge is -2.12. The number of hydrogen-bond acceptors (Lipinski definition) is 3. The van der Waals surface area contributed by atoms with E-state index in [0.29, 0.717) is 12.1 Å². The molecule has 0 aliphatic rings. The second-order valence-corrected chi connectivity index (χ2v) is 4.37. The molecule has 0 unspecified atom stereocenters. The first kappa shape index (κ1) is 21.4. The van der Waals surface area contributed by atoms with Gasteiger partial charge in [0, 0.05) is 19.2 Å². The molecule has 0 saturated heterocycles. The molecule has 1 aromatic rings. The number of para-hydroxylation sites is 1. The summed E-state index contributed by atoms with van der Waals surface area (Å²) in [6.45, 7) is 1.92. The van der Waals surface area contributed by atoms with Gasteiger partial charge in [-0.15, -0.1) is 24.0 Å². The summed E-state index contributed by atoms with van der Waals surface area (Å²) in [5.41, 5.74) is 0.318. The van der Waals surface area contributed by atoms with Crippen molar-refractivity contribution in [3.63, 3.8) is 0 Å². The van der Waals surface area contributed by atoms with Crippen LogP contribution in [0.2, 0.25) is 0 Å². The average molecular weight is 446 g/mol. The summed E-state index contributed by atoms with van der Waals surface area (Å²) < 4.78 is 36.3. The molecular weight excluding hydrogens is 428 g/mol. The van der Waals surface area contributed by atoms with Crippen molar-refractivity contribution < 1.29 is 18.1 Å². The van der Waals surface area contributed by atoms with Gasteiger partial charge < -0.3 is 10.6 Å². The van der Waals surface area contributed by atoms with E-state index in [1.54, 1.807) is 19.1 Å². The van der Waals surface area contributed by atoms with E-state index in [1.807, 2.05) is 0 Å². The van der Waals surface area contributed by atoms with Crippen molar-refractivity contribution in [2.75, 3.05) is 13.1 Å². The molecule has 23 heavy (non-hydrogen) atoms. The lowest BCUT2D eigenvalue weighted by molar-refractivity contribution is -0.385. The Balaban J connectivity index is 0.00000484. The molecule has 0 saturated carbocycles. The van der Waals surface area contributed by atoms with Crippen LogP contribution in [0.25, 0.3) is 0 Å². The highest BCUT2D eigenvalue weighted by Crippen LogP contribution is 2.19. The molecule has 1 rings (SSSR count). The van der Waals surface area contributed by atoms with Crippen LogP contribution in [0.5, 0.6) is 0 Å². The fourth-order valence-corrected chi connectivity index (χ4v) is 1.65. The Labute approximate surface area is 148 Å². The molecule has 0 amide bonds. The molecule has 0 aliphatic carbocycles. The molecule has 0 fully saturated rings. The molecule has 10 heteroatoms. The van der Waals surface area contributed by atoms with Gasteiger partial charge in [-0.25, -0.2) is 4.99 Å². The second-order valence-electron chi connectivity index (χ2n) is 4.37. The Morgan fingerprint density at radius 2 is 1.96 bits per heavy atom. The minimum absolute atomic E-state index is 0. The number of halogens is 4. The predicted octanol–water partition coefficient (Wildman–Crippen LogP) is 3.22. The maximum absolute atomic E-state index is 12.1. The third-order valence-corrected chi connectivity index (χ3v) is 2.64. The molecule has 130 valence electrons. The summed E-state index contributed by atoms with van der Waals surface area (Å²) >= 11 is 0. The fourth-order valence-electron chi connectivity index (χ4n) is 1.65. The van der Waals surface area contributed by atoms with Crippen LogP contribution in [-0.4, -0.2) is 30.1 Å². The zero-order chi connectivity index (χ0) is 16.6. The third kappa shape index (κ3) is 8.57. The lowest BCUT2D eigenvalue weighted by Crippen LogP contribution is -2.38. The Morgan fingerprint density at radius 3 is 2.52 bits per heavy atom. The van der Waals surface area contributed by atoms with E-state index in [4.69, 9.17) is 0 Å². The number of rotatable bonds is 6. The molecule has 6 nitrogen and oxygen atoms in total. The molecular formula is C13H18F3IN4O2. The van der Waals surface area contributed by atoms with E-state index >= 15 is 0 Å². The van der Waals surface area contributed by atoms with Gasteiger partial charge in [0.1, 0.15) is 0 Å². The topological polar surface area (TPSA) is 79.6 Å². The number of nitro groups is 1. The van der Waals surface area contributed by atoms with Crippen molar-refractivity contribution in [3.05, 3.63) is 39.9 Å². The van der Waals surface area contributed by atoms with Gasteiger partial charge in [0.2, 0.25) is 0 Å². The van der Waals surface area contributed by atoms with Crippen LogP contribution in [0, 0.1) is 10.1 Å². The van der Waals surface area contributed by atoms with Crippen LogP contribution in [-0.2, 0) is 6.54 Å². The fraction of sp³-hybridized carbons (Fsp3) is 0.462. The van der Waals surface area contributed by atoms with Crippen LogP contribution >= 0.6 is 24.0 Å². The summed E-state index contributed by atoms with van der Waals surface area (Å²) in [5, 5.41) is 16.2. The largest absolute Gasteiger partial charge is 0.390 e. The highest BCUT2D eigenvalue weighted by Gasteiger charge is 2.26. The highest BCUT2D eigenvalue weighted by molar-refractivity contribution is 14.0. The summed E-state index contributed by atoms with van der Waals surface area (Å²) in [6.07, 6.45) is -5.23. The summed E-state index contributed by atoms with van der Waals surface area (Å²) in [7, 11) is 0. The summed E-state index contributed by atoms with van der Waals surface area (Å²) in [6, 6.07) is 6.09. The van der Waals surface area contributed by atoms with Crippen LogP contribution in [0.4, 0.5) is 18.9 Å². The third-order valence-electron chi connectivity index (χ3n) is 2.64. The van der Waals surface area contributed by atoms with Crippen LogP contribution in [0.3, 0.4) is 0 Å². The van der Waals surface area contributed by atoms with Gasteiger partial charge in [0.15, 0.2) is 5.96 Å². The number of guanidine groups is 1. The van der Waals surface area contributed by atoms with Gasteiger partial charge in [0.05, 0.1) is 23.5 Å². The van der Waals surface area contributed by atoms with Gasteiger partial charge in [-0.05, 0) is 6.92 Å². The Bertz CT molecular complexity index is 538. The maximum atomic E-state index is 12.1. The number of benzene rings is 1. The number of nitrogens with one attached hydrogen (secondary N) is 2. The second kappa shape index (κ2) is 10.2. The quantitative estimate of drug-likeness (QED) is 0.231. The normalized spacial score (nSPS) is 11.6. The average Bonchev–Trinajstić information content (AvgIpc) is 2.43. The van der Waals surface area contributed by atoms with E-state index in [-0.39, 0.29) is 48.7 Å². The zero-order valence-electron chi connectivity index (χ0n) is 12.4. The van der Waals surface area contributed by atoms with Crippen molar-refractivity contribution in [1.29, 1.82) is 0 Å². The molecule has 0 aromatic heterocycles. The van der Waals surface area contributed by atoms with E-state index < -0.39 is 17.5 Å². The minimum Gasteiger partial charge on any atom is -0.357 e. The summed E-state index contributed by atoms with van der Waals surface area (Å²) in [4.78, 5) is 14.4. The van der Waals surface area contributed by atoms with Gasteiger partial charge in [-0.2, -0.15) is 13.2 Å². The number of hydrogen-bond donors (Lipinski definition) is 2. The number of nitrogens with zero attached hydrogens (tertiary/aromatic N) is 2. The summed E-state index contributed by atoms with van der Waals surface area (Å²) in [5.74, 6) is 0.185. The van der Waals surface area contributed by atoms with Crippen LogP contribution < -0.4 is 10.6 Å². The van der Waals surface area contributed by atoms with Crippen LogP contribution in [0.1, 0.15) is 18.9 Å². The number of nitro benzene ring substituents is 1. The molecule has 2 N–H and O–H groups in total. The number of aliphatic imine (C=N–C) groups is 1. The van der Waals surface area contributed by atoms with E-state index in [1.165, 1.54) is 12.1 Å².